The normalized spacial score (nSPS) is 12.7. The molecule has 3 nitrogen and oxygen atoms in total. The fraction of sp³-hybridized carbons (Fsp3) is 0.667. The zero-order valence-electron chi connectivity index (χ0n) is 8.30. The molecule has 0 atom stereocenters. The topological polar surface area (TPSA) is 46.5 Å². The highest BCUT2D eigenvalue weighted by molar-refractivity contribution is 6.67. The monoisotopic (exact) mass is 274 g/mol. The SMILES string of the molecule is CCCCOC(=O)C(=CO)CC(Cl)(Cl)Cl. The van der Waals surface area contributed by atoms with Crippen molar-refractivity contribution in [1.82, 2.24) is 0 Å². The van der Waals surface area contributed by atoms with Gasteiger partial charge in [0.25, 0.3) is 0 Å². The summed E-state index contributed by atoms with van der Waals surface area (Å²) in [7, 11) is 0. The second kappa shape index (κ2) is 7.20. The van der Waals surface area contributed by atoms with E-state index in [0.29, 0.717) is 12.9 Å². The van der Waals surface area contributed by atoms with Gasteiger partial charge in [-0.25, -0.2) is 4.79 Å². The molecule has 0 aliphatic heterocycles. The van der Waals surface area contributed by atoms with E-state index >= 15 is 0 Å². The minimum atomic E-state index is -1.61. The van der Waals surface area contributed by atoms with Crippen LogP contribution in [0, 0.1) is 0 Å². The summed E-state index contributed by atoms with van der Waals surface area (Å²) in [6, 6.07) is 0. The summed E-state index contributed by atoms with van der Waals surface area (Å²) in [6.07, 6.45) is 2.10. The molecule has 0 fully saturated rings. The predicted molar refractivity (Wildman–Crippen MR) is 61.5 cm³/mol. The minimum Gasteiger partial charge on any atom is -0.515 e. The third-order valence-corrected chi connectivity index (χ3v) is 1.94. The highest BCUT2D eigenvalue weighted by atomic mass is 35.6. The fourth-order valence-corrected chi connectivity index (χ4v) is 1.22. The standard InChI is InChI=1S/C9H13Cl3O3/c1-2-3-4-15-8(14)7(6-13)5-9(10,11)12/h6,13H,2-5H2,1H3. The number of carbonyl (C=O) groups is 1. The van der Waals surface area contributed by atoms with Crippen molar-refractivity contribution in [1.29, 1.82) is 0 Å². The van der Waals surface area contributed by atoms with Crippen LogP contribution in [-0.2, 0) is 9.53 Å². The summed E-state index contributed by atoms with van der Waals surface area (Å²) >= 11 is 16.4. The molecule has 0 saturated heterocycles. The number of unbranched alkanes of at least 4 members (excludes halogenated alkanes) is 1. The van der Waals surface area contributed by atoms with E-state index < -0.39 is 9.76 Å². The summed E-state index contributed by atoms with van der Waals surface area (Å²) < 4.78 is 3.23. The second-order valence-corrected chi connectivity index (χ2v) is 5.45. The number of ether oxygens (including phenoxy) is 1. The summed E-state index contributed by atoms with van der Waals surface area (Å²) in [5, 5.41) is 8.78. The van der Waals surface area contributed by atoms with Crippen molar-refractivity contribution >= 4 is 40.8 Å². The lowest BCUT2D eigenvalue weighted by Gasteiger charge is -2.12. The Bertz CT molecular complexity index is 233. The molecule has 15 heavy (non-hydrogen) atoms. The molecule has 0 aromatic rings. The van der Waals surface area contributed by atoms with Crippen molar-refractivity contribution in [3.8, 4) is 0 Å². The maximum Gasteiger partial charge on any atom is 0.337 e. The van der Waals surface area contributed by atoms with E-state index in [0.717, 1.165) is 12.8 Å². The van der Waals surface area contributed by atoms with E-state index in [1.165, 1.54) is 0 Å². The Balaban J connectivity index is 4.13. The number of esters is 1. The van der Waals surface area contributed by atoms with Gasteiger partial charge in [0.1, 0.15) is 0 Å². The van der Waals surface area contributed by atoms with Crippen LogP contribution in [0.15, 0.2) is 11.8 Å². The Morgan fingerprint density at radius 3 is 2.47 bits per heavy atom. The van der Waals surface area contributed by atoms with Gasteiger partial charge in [-0.05, 0) is 6.42 Å². The summed E-state index contributed by atoms with van der Waals surface area (Å²) in [5.74, 6) is -0.655. The molecule has 0 aliphatic rings. The molecule has 88 valence electrons. The molecule has 0 rings (SSSR count). The van der Waals surface area contributed by atoms with Crippen molar-refractivity contribution in [2.24, 2.45) is 0 Å². The number of hydrogen-bond donors (Lipinski definition) is 1. The largest absolute Gasteiger partial charge is 0.515 e. The van der Waals surface area contributed by atoms with Crippen LogP contribution in [0.1, 0.15) is 26.2 Å². The molecule has 0 amide bonds. The molecule has 0 heterocycles. The molecule has 6 heteroatoms. The number of aliphatic hydroxyl groups is 1. The zero-order chi connectivity index (χ0) is 11.9. The number of carbonyl (C=O) groups excluding carboxylic acids is 1. The van der Waals surface area contributed by atoms with Gasteiger partial charge in [-0.1, -0.05) is 48.1 Å². The first-order valence-electron chi connectivity index (χ1n) is 4.47. The Labute approximate surface area is 104 Å². The van der Waals surface area contributed by atoms with Crippen LogP contribution < -0.4 is 0 Å². The molecule has 0 bridgehead atoms. The van der Waals surface area contributed by atoms with E-state index in [-0.39, 0.29) is 12.0 Å². The third-order valence-electron chi connectivity index (χ3n) is 1.54. The van der Waals surface area contributed by atoms with Crippen LogP contribution in [0.4, 0.5) is 0 Å². The number of hydrogen-bond acceptors (Lipinski definition) is 3. The number of alkyl halides is 3. The minimum absolute atomic E-state index is 0.0499. The van der Waals surface area contributed by atoms with Crippen molar-refractivity contribution in [3.63, 3.8) is 0 Å². The maximum atomic E-state index is 11.3. The average Bonchev–Trinajstić information content (AvgIpc) is 2.13. The van der Waals surface area contributed by atoms with Crippen LogP contribution in [0.25, 0.3) is 0 Å². The van der Waals surface area contributed by atoms with E-state index in [2.05, 4.69) is 0 Å². The van der Waals surface area contributed by atoms with Crippen molar-refractivity contribution in [2.75, 3.05) is 6.61 Å². The molecule has 0 saturated carbocycles. The zero-order valence-corrected chi connectivity index (χ0v) is 10.6. The Morgan fingerprint density at radius 2 is 2.07 bits per heavy atom. The molecule has 0 unspecified atom stereocenters. The summed E-state index contributed by atoms with van der Waals surface area (Å²) in [4.78, 5) is 11.3. The summed E-state index contributed by atoms with van der Waals surface area (Å²) in [5.41, 5.74) is -0.0499. The van der Waals surface area contributed by atoms with Gasteiger partial charge in [0.15, 0.2) is 3.79 Å². The van der Waals surface area contributed by atoms with Crippen LogP contribution in [-0.4, -0.2) is 21.5 Å². The lowest BCUT2D eigenvalue weighted by Crippen LogP contribution is -2.14. The summed E-state index contributed by atoms with van der Waals surface area (Å²) in [6.45, 7) is 2.27. The first kappa shape index (κ1) is 14.9. The van der Waals surface area contributed by atoms with Crippen LogP contribution in [0.2, 0.25) is 0 Å². The highest BCUT2D eigenvalue weighted by Crippen LogP contribution is 2.33. The average molecular weight is 276 g/mol. The van der Waals surface area contributed by atoms with Crippen LogP contribution in [0.5, 0.6) is 0 Å². The Hall–Kier alpha value is -0.120. The number of aliphatic hydroxyl groups excluding tert-OH is 1. The van der Waals surface area contributed by atoms with E-state index in [9.17, 15) is 4.79 Å². The van der Waals surface area contributed by atoms with E-state index in [1.54, 1.807) is 0 Å². The molecule has 0 aliphatic carbocycles. The molecule has 0 aromatic carbocycles. The predicted octanol–water partition coefficient (Wildman–Crippen LogP) is 3.53. The first-order chi connectivity index (χ1) is 6.90. The van der Waals surface area contributed by atoms with Gasteiger partial charge in [0, 0.05) is 6.42 Å². The van der Waals surface area contributed by atoms with Crippen molar-refractivity contribution in [3.05, 3.63) is 11.8 Å². The lowest BCUT2D eigenvalue weighted by atomic mass is 10.2. The van der Waals surface area contributed by atoms with Gasteiger partial charge in [-0.3, -0.25) is 0 Å². The van der Waals surface area contributed by atoms with Gasteiger partial charge < -0.3 is 9.84 Å². The fourth-order valence-electron chi connectivity index (χ4n) is 0.788. The molecule has 0 radical (unpaired) electrons. The second-order valence-electron chi connectivity index (χ2n) is 2.94. The van der Waals surface area contributed by atoms with Crippen LogP contribution >= 0.6 is 34.8 Å². The van der Waals surface area contributed by atoms with E-state index in [4.69, 9.17) is 44.6 Å². The van der Waals surface area contributed by atoms with Crippen molar-refractivity contribution in [2.45, 2.75) is 30.0 Å². The highest BCUT2D eigenvalue weighted by Gasteiger charge is 2.26. The van der Waals surface area contributed by atoms with Crippen LogP contribution in [0.3, 0.4) is 0 Å². The quantitative estimate of drug-likeness (QED) is 0.274. The molecular weight excluding hydrogens is 262 g/mol. The van der Waals surface area contributed by atoms with Gasteiger partial charge in [-0.15, -0.1) is 0 Å². The van der Waals surface area contributed by atoms with Gasteiger partial charge in [-0.2, -0.15) is 0 Å². The lowest BCUT2D eigenvalue weighted by molar-refractivity contribution is -0.139. The van der Waals surface area contributed by atoms with Gasteiger partial charge >= 0.3 is 5.97 Å². The van der Waals surface area contributed by atoms with Gasteiger partial charge in [0.05, 0.1) is 18.4 Å². The molecule has 1 N–H and O–H groups in total. The Morgan fingerprint density at radius 1 is 1.47 bits per heavy atom. The third kappa shape index (κ3) is 7.77. The molecular formula is C9H13Cl3O3. The first-order valence-corrected chi connectivity index (χ1v) is 5.61. The molecule has 0 aromatic heterocycles. The Kier molecular flexibility index (Phi) is 7.14. The molecule has 0 spiro atoms. The van der Waals surface area contributed by atoms with Crippen molar-refractivity contribution < 1.29 is 14.6 Å². The van der Waals surface area contributed by atoms with E-state index in [1.807, 2.05) is 6.92 Å². The number of rotatable bonds is 5. The maximum absolute atomic E-state index is 11.3. The van der Waals surface area contributed by atoms with Gasteiger partial charge in [0.2, 0.25) is 0 Å². The smallest absolute Gasteiger partial charge is 0.337 e. The number of halogens is 3.